The second-order valence-electron chi connectivity index (χ2n) is 5.75. The molecular formula is C21H22N2O2. The molecule has 0 aliphatic rings. The Morgan fingerprint density at radius 1 is 0.760 bits per heavy atom. The molecule has 128 valence electrons. The largest absolute Gasteiger partial charge is 0.497 e. The first-order valence-corrected chi connectivity index (χ1v) is 8.20. The first-order valence-electron chi connectivity index (χ1n) is 8.20. The van der Waals surface area contributed by atoms with E-state index in [2.05, 4.69) is 34.1 Å². The van der Waals surface area contributed by atoms with Crippen molar-refractivity contribution < 1.29 is 9.47 Å². The summed E-state index contributed by atoms with van der Waals surface area (Å²) in [5.41, 5.74) is 2.35. The summed E-state index contributed by atoms with van der Waals surface area (Å²) < 4.78 is 10.7. The molecule has 1 aromatic heterocycles. The van der Waals surface area contributed by atoms with Gasteiger partial charge < -0.3 is 14.4 Å². The van der Waals surface area contributed by atoms with E-state index in [0.717, 1.165) is 30.4 Å². The Hall–Kier alpha value is -3.01. The van der Waals surface area contributed by atoms with Gasteiger partial charge in [-0.1, -0.05) is 30.3 Å². The highest BCUT2D eigenvalue weighted by atomic mass is 16.5. The lowest BCUT2D eigenvalue weighted by atomic mass is 10.1. The van der Waals surface area contributed by atoms with Crippen molar-refractivity contribution in [3.05, 3.63) is 84.1 Å². The molecule has 2 aromatic carbocycles. The van der Waals surface area contributed by atoms with Gasteiger partial charge in [0.2, 0.25) is 0 Å². The molecular weight excluding hydrogens is 312 g/mol. The van der Waals surface area contributed by atoms with Crippen LogP contribution in [0.4, 0.5) is 5.82 Å². The number of pyridine rings is 1. The molecule has 4 heteroatoms. The first kappa shape index (κ1) is 16.8. The summed E-state index contributed by atoms with van der Waals surface area (Å²) in [6, 6.07) is 22.2. The quantitative estimate of drug-likeness (QED) is 0.645. The van der Waals surface area contributed by atoms with Gasteiger partial charge in [-0.25, -0.2) is 4.98 Å². The summed E-state index contributed by atoms with van der Waals surface area (Å²) in [6.07, 6.45) is 1.82. The van der Waals surface area contributed by atoms with Crippen molar-refractivity contribution in [2.75, 3.05) is 19.1 Å². The maximum absolute atomic E-state index is 5.34. The maximum Gasteiger partial charge on any atom is 0.129 e. The highest BCUT2D eigenvalue weighted by molar-refractivity contribution is 5.42. The summed E-state index contributed by atoms with van der Waals surface area (Å²) in [5, 5.41) is 0. The fourth-order valence-corrected chi connectivity index (χ4v) is 2.74. The average Bonchev–Trinajstić information content (AvgIpc) is 2.68. The van der Waals surface area contributed by atoms with Crippen LogP contribution in [0.5, 0.6) is 11.5 Å². The van der Waals surface area contributed by atoms with Crippen molar-refractivity contribution in [1.82, 2.24) is 4.98 Å². The second-order valence-corrected chi connectivity index (χ2v) is 5.75. The number of hydrogen-bond acceptors (Lipinski definition) is 4. The number of methoxy groups -OCH3 is 2. The second kappa shape index (κ2) is 8.20. The maximum atomic E-state index is 5.34. The van der Waals surface area contributed by atoms with E-state index in [9.17, 15) is 0 Å². The Morgan fingerprint density at radius 3 is 1.84 bits per heavy atom. The molecule has 0 radical (unpaired) electrons. The lowest BCUT2D eigenvalue weighted by Crippen LogP contribution is -2.23. The summed E-state index contributed by atoms with van der Waals surface area (Å²) >= 11 is 0. The fraction of sp³-hybridized carbons (Fsp3) is 0.190. The zero-order valence-corrected chi connectivity index (χ0v) is 14.6. The standard InChI is InChI=1S/C21H22N2O2/c1-24-19-9-5-7-17(13-19)15-23(21-11-3-4-12-22-21)16-18-8-6-10-20(14-18)25-2/h3-14H,15-16H2,1-2H3. The number of rotatable bonds is 7. The van der Waals surface area contributed by atoms with Crippen molar-refractivity contribution in [1.29, 1.82) is 0 Å². The Balaban J connectivity index is 1.87. The summed E-state index contributed by atoms with van der Waals surface area (Å²) in [5.74, 6) is 2.66. The normalized spacial score (nSPS) is 10.3. The SMILES string of the molecule is COc1cccc(CN(Cc2cccc(OC)c2)c2ccccn2)c1. The van der Waals surface area contributed by atoms with Gasteiger partial charge in [-0.15, -0.1) is 0 Å². The third-order valence-electron chi connectivity index (χ3n) is 3.99. The van der Waals surface area contributed by atoms with Crippen LogP contribution in [0.2, 0.25) is 0 Å². The molecule has 3 aromatic rings. The minimum Gasteiger partial charge on any atom is -0.497 e. The van der Waals surface area contributed by atoms with Crippen LogP contribution >= 0.6 is 0 Å². The van der Waals surface area contributed by atoms with Gasteiger partial charge in [-0.3, -0.25) is 0 Å². The zero-order valence-electron chi connectivity index (χ0n) is 14.6. The molecule has 0 fully saturated rings. The molecule has 0 unspecified atom stereocenters. The minimum absolute atomic E-state index is 0.741. The van der Waals surface area contributed by atoms with Crippen LogP contribution in [0.25, 0.3) is 0 Å². The van der Waals surface area contributed by atoms with Crippen molar-refractivity contribution in [3.8, 4) is 11.5 Å². The van der Waals surface area contributed by atoms with Crippen molar-refractivity contribution in [2.24, 2.45) is 0 Å². The molecule has 0 aliphatic carbocycles. The lowest BCUT2D eigenvalue weighted by Gasteiger charge is -2.24. The van der Waals surface area contributed by atoms with Gasteiger partial charge in [-0.05, 0) is 47.5 Å². The Kier molecular flexibility index (Phi) is 5.52. The Labute approximate surface area is 148 Å². The number of hydrogen-bond donors (Lipinski definition) is 0. The lowest BCUT2D eigenvalue weighted by molar-refractivity contribution is 0.414. The highest BCUT2D eigenvalue weighted by Gasteiger charge is 2.10. The van der Waals surface area contributed by atoms with Crippen LogP contribution in [0, 0.1) is 0 Å². The molecule has 0 bridgehead atoms. The van der Waals surface area contributed by atoms with E-state index in [0.29, 0.717) is 0 Å². The zero-order chi connectivity index (χ0) is 17.5. The smallest absolute Gasteiger partial charge is 0.129 e. The third kappa shape index (κ3) is 4.51. The van der Waals surface area contributed by atoms with E-state index in [-0.39, 0.29) is 0 Å². The van der Waals surface area contributed by atoms with E-state index < -0.39 is 0 Å². The topological polar surface area (TPSA) is 34.6 Å². The number of nitrogens with zero attached hydrogens (tertiary/aromatic N) is 2. The molecule has 0 aliphatic heterocycles. The molecule has 0 amide bonds. The molecule has 25 heavy (non-hydrogen) atoms. The third-order valence-corrected chi connectivity index (χ3v) is 3.99. The van der Waals surface area contributed by atoms with Crippen molar-refractivity contribution >= 4 is 5.82 Å². The van der Waals surface area contributed by atoms with Crippen LogP contribution in [0.3, 0.4) is 0 Å². The fourth-order valence-electron chi connectivity index (χ4n) is 2.74. The number of benzene rings is 2. The summed E-state index contributed by atoms with van der Waals surface area (Å²) in [6.45, 7) is 1.48. The Morgan fingerprint density at radius 2 is 1.36 bits per heavy atom. The average molecular weight is 334 g/mol. The van der Waals surface area contributed by atoms with E-state index in [4.69, 9.17) is 9.47 Å². The molecule has 1 heterocycles. The van der Waals surface area contributed by atoms with Gasteiger partial charge in [0, 0.05) is 19.3 Å². The molecule has 4 nitrogen and oxygen atoms in total. The van der Waals surface area contributed by atoms with E-state index in [1.165, 1.54) is 11.1 Å². The number of aromatic nitrogens is 1. The van der Waals surface area contributed by atoms with Crippen LogP contribution in [0.1, 0.15) is 11.1 Å². The van der Waals surface area contributed by atoms with E-state index >= 15 is 0 Å². The van der Waals surface area contributed by atoms with Crippen LogP contribution in [0.15, 0.2) is 72.9 Å². The van der Waals surface area contributed by atoms with Crippen molar-refractivity contribution in [3.63, 3.8) is 0 Å². The van der Waals surface area contributed by atoms with Gasteiger partial charge in [0.25, 0.3) is 0 Å². The first-order chi connectivity index (χ1) is 12.3. The van der Waals surface area contributed by atoms with Gasteiger partial charge in [-0.2, -0.15) is 0 Å². The molecule has 0 atom stereocenters. The highest BCUT2D eigenvalue weighted by Crippen LogP contribution is 2.21. The van der Waals surface area contributed by atoms with Crippen molar-refractivity contribution in [2.45, 2.75) is 13.1 Å². The monoisotopic (exact) mass is 334 g/mol. The predicted octanol–water partition coefficient (Wildman–Crippen LogP) is 4.31. The van der Waals surface area contributed by atoms with Gasteiger partial charge >= 0.3 is 0 Å². The minimum atomic E-state index is 0.741. The van der Waals surface area contributed by atoms with Gasteiger partial charge in [0.1, 0.15) is 17.3 Å². The van der Waals surface area contributed by atoms with E-state index in [1.54, 1.807) is 14.2 Å². The summed E-state index contributed by atoms with van der Waals surface area (Å²) in [4.78, 5) is 6.76. The molecule has 0 N–H and O–H groups in total. The molecule has 0 saturated carbocycles. The Bertz CT molecular complexity index is 756. The van der Waals surface area contributed by atoms with Crippen LogP contribution in [-0.2, 0) is 13.1 Å². The van der Waals surface area contributed by atoms with Gasteiger partial charge in [0.05, 0.1) is 14.2 Å². The summed E-state index contributed by atoms with van der Waals surface area (Å²) in [7, 11) is 3.37. The predicted molar refractivity (Wildman–Crippen MR) is 100 cm³/mol. The molecule has 0 saturated heterocycles. The van der Waals surface area contributed by atoms with E-state index in [1.807, 2.05) is 48.7 Å². The number of ether oxygens (including phenoxy) is 2. The van der Waals surface area contributed by atoms with Crippen LogP contribution in [-0.4, -0.2) is 19.2 Å². The van der Waals surface area contributed by atoms with Gasteiger partial charge in [0.15, 0.2) is 0 Å². The number of anilines is 1. The van der Waals surface area contributed by atoms with Crippen LogP contribution < -0.4 is 14.4 Å². The molecule has 3 rings (SSSR count). The molecule has 0 spiro atoms.